The van der Waals surface area contributed by atoms with Gasteiger partial charge in [-0.25, -0.2) is 4.79 Å². The maximum Gasteiger partial charge on any atom is 0.328 e. The van der Waals surface area contributed by atoms with Gasteiger partial charge in [-0.15, -0.1) is 0 Å². The van der Waals surface area contributed by atoms with Gasteiger partial charge in [-0.3, -0.25) is 9.88 Å². The monoisotopic (exact) mass is 236 g/mol. The third-order valence-electron chi connectivity index (χ3n) is 3.15. The van der Waals surface area contributed by atoms with Crippen LogP contribution in [0.4, 0.5) is 0 Å². The fourth-order valence-electron chi connectivity index (χ4n) is 2.06. The number of nitrogens with zero attached hydrogens (tertiary/aromatic N) is 2. The van der Waals surface area contributed by atoms with Gasteiger partial charge in [0.2, 0.25) is 0 Å². The summed E-state index contributed by atoms with van der Waals surface area (Å²) in [6.45, 7) is 7.23. The van der Waals surface area contributed by atoms with Crippen molar-refractivity contribution in [2.75, 3.05) is 13.1 Å². The maximum absolute atomic E-state index is 11.6. The topological polar surface area (TPSA) is 53.4 Å². The molecule has 4 heteroatoms. The molecule has 0 aliphatic heterocycles. The number of aliphatic carboxylic acids is 1. The van der Waals surface area contributed by atoms with E-state index in [-0.39, 0.29) is 0 Å². The Kier molecular flexibility index (Phi) is 4.63. The van der Waals surface area contributed by atoms with Crippen molar-refractivity contribution < 1.29 is 9.90 Å². The van der Waals surface area contributed by atoms with Crippen LogP contribution >= 0.6 is 0 Å². The maximum atomic E-state index is 11.6. The quantitative estimate of drug-likeness (QED) is 0.822. The molecule has 0 saturated carbocycles. The second-order valence-electron chi connectivity index (χ2n) is 4.20. The molecule has 0 fully saturated rings. The van der Waals surface area contributed by atoms with Gasteiger partial charge in [0.15, 0.2) is 0 Å². The molecule has 0 bridgehead atoms. The largest absolute Gasteiger partial charge is 0.480 e. The van der Waals surface area contributed by atoms with Crippen LogP contribution in [0.25, 0.3) is 0 Å². The molecule has 94 valence electrons. The Morgan fingerprint density at radius 2 is 2.24 bits per heavy atom. The third-order valence-corrected chi connectivity index (χ3v) is 3.15. The molecule has 1 heterocycles. The molecule has 1 N–H and O–H groups in total. The normalized spacial score (nSPS) is 14.6. The standard InChI is InChI=1S/C13H20N2O2/c1-4-9-15(5-2)13(3,12(16)17)11-7-6-8-14-10-11/h6-8,10H,4-5,9H2,1-3H3,(H,16,17). The average molecular weight is 236 g/mol. The van der Waals surface area contributed by atoms with Crippen molar-refractivity contribution in [3.63, 3.8) is 0 Å². The van der Waals surface area contributed by atoms with Crippen molar-refractivity contribution in [2.45, 2.75) is 32.7 Å². The highest BCUT2D eigenvalue weighted by Crippen LogP contribution is 2.28. The predicted octanol–water partition coefficient (Wildman–Crippen LogP) is 2.11. The van der Waals surface area contributed by atoms with Gasteiger partial charge in [0, 0.05) is 18.0 Å². The van der Waals surface area contributed by atoms with Gasteiger partial charge in [0.05, 0.1) is 0 Å². The molecule has 1 aromatic rings. The lowest BCUT2D eigenvalue weighted by molar-refractivity contribution is -0.151. The van der Waals surface area contributed by atoms with Crippen molar-refractivity contribution in [3.05, 3.63) is 30.1 Å². The third kappa shape index (κ3) is 2.64. The first kappa shape index (κ1) is 13.6. The van der Waals surface area contributed by atoms with Crippen molar-refractivity contribution in [1.82, 2.24) is 9.88 Å². The highest BCUT2D eigenvalue weighted by Gasteiger charge is 2.40. The van der Waals surface area contributed by atoms with E-state index in [9.17, 15) is 9.90 Å². The fraction of sp³-hybridized carbons (Fsp3) is 0.538. The first-order valence-corrected chi connectivity index (χ1v) is 5.96. The van der Waals surface area contributed by atoms with Gasteiger partial charge in [-0.05, 0) is 32.5 Å². The molecule has 1 aromatic heterocycles. The summed E-state index contributed by atoms with van der Waals surface area (Å²) in [5, 5.41) is 9.54. The van der Waals surface area contributed by atoms with Crippen LogP contribution in [0, 0.1) is 0 Å². The molecule has 1 unspecified atom stereocenters. The van der Waals surface area contributed by atoms with Gasteiger partial charge in [-0.2, -0.15) is 0 Å². The van der Waals surface area contributed by atoms with Crippen molar-refractivity contribution in [3.8, 4) is 0 Å². The van der Waals surface area contributed by atoms with Crippen LogP contribution in [0.1, 0.15) is 32.8 Å². The smallest absolute Gasteiger partial charge is 0.328 e. The number of carboxylic acid groups (broad SMARTS) is 1. The Hall–Kier alpha value is -1.42. The number of carboxylic acids is 1. The molecule has 0 aliphatic rings. The number of aromatic nitrogens is 1. The molecule has 0 aromatic carbocycles. The zero-order valence-electron chi connectivity index (χ0n) is 10.7. The van der Waals surface area contributed by atoms with Crippen LogP contribution in [0.15, 0.2) is 24.5 Å². The summed E-state index contributed by atoms with van der Waals surface area (Å²) in [6, 6.07) is 3.59. The Labute approximate surface area is 102 Å². The van der Waals surface area contributed by atoms with E-state index in [2.05, 4.69) is 4.98 Å². The summed E-state index contributed by atoms with van der Waals surface area (Å²) in [4.78, 5) is 17.6. The summed E-state index contributed by atoms with van der Waals surface area (Å²) >= 11 is 0. The molecule has 0 saturated heterocycles. The molecular formula is C13H20N2O2. The van der Waals surface area contributed by atoms with Gasteiger partial charge in [-0.1, -0.05) is 19.9 Å². The van der Waals surface area contributed by atoms with Gasteiger partial charge in [0.1, 0.15) is 5.54 Å². The van der Waals surface area contributed by atoms with E-state index in [0.29, 0.717) is 6.54 Å². The Balaban J connectivity index is 3.17. The van der Waals surface area contributed by atoms with Gasteiger partial charge >= 0.3 is 5.97 Å². The van der Waals surface area contributed by atoms with Crippen LogP contribution in [-0.2, 0) is 10.3 Å². The van der Waals surface area contributed by atoms with E-state index >= 15 is 0 Å². The highest BCUT2D eigenvalue weighted by atomic mass is 16.4. The number of hydrogen-bond donors (Lipinski definition) is 1. The summed E-state index contributed by atoms with van der Waals surface area (Å²) in [5.74, 6) is -0.833. The van der Waals surface area contributed by atoms with Crippen LogP contribution in [0.2, 0.25) is 0 Å². The lowest BCUT2D eigenvalue weighted by Crippen LogP contribution is -2.50. The van der Waals surface area contributed by atoms with Crippen LogP contribution in [0.3, 0.4) is 0 Å². The molecule has 0 aliphatic carbocycles. The summed E-state index contributed by atoms with van der Waals surface area (Å²) in [5.41, 5.74) is -0.276. The first-order valence-electron chi connectivity index (χ1n) is 5.96. The van der Waals surface area contributed by atoms with Gasteiger partial charge in [0.25, 0.3) is 0 Å². The number of carbonyl (C=O) groups is 1. The van der Waals surface area contributed by atoms with Crippen LogP contribution in [0.5, 0.6) is 0 Å². The van der Waals surface area contributed by atoms with E-state index in [1.807, 2.05) is 24.8 Å². The molecule has 0 amide bonds. The van der Waals surface area contributed by atoms with E-state index < -0.39 is 11.5 Å². The zero-order valence-corrected chi connectivity index (χ0v) is 10.7. The van der Waals surface area contributed by atoms with E-state index in [1.165, 1.54) is 0 Å². The zero-order chi connectivity index (χ0) is 12.9. The minimum absolute atomic E-state index is 0.700. The van der Waals surface area contributed by atoms with E-state index in [1.54, 1.807) is 25.4 Å². The Morgan fingerprint density at radius 3 is 2.65 bits per heavy atom. The molecule has 4 nitrogen and oxygen atoms in total. The first-order chi connectivity index (χ1) is 8.07. The number of pyridine rings is 1. The average Bonchev–Trinajstić information content (AvgIpc) is 2.35. The van der Waals surface area contributed by atoms with E-state index in [4.69, 9.17) is 0 Å². The Bertz CT molecular complexity index is 367. The molecule has 17 heavy (non-hydrogen) atoms. The van der Waals surface area contributed by atoms with Crippen LogP contribution in [-0.4, -0.2) is 34.0 Å². The SMILES string of the molecule is CCCN(CC)C(C)(C(=O)O)c1cccnc1. The molecule has 1 rings (SSSR count). The lowest BCUT2D eigenvalue weighted by atomic mass is 9.91. The Morgan fingerprint density at radius 1 is 1.53 bits per heavy atom. The van der Waals surface area contributed by atoms with E-state index in [0.717, 1.165) is 18.5 Å². The number of likely N-dealkylation sites (N-methyl/N-ethyl adjacent to an activating group) is 1. The minimum Gasteiger partial charge on any atom is -0.480 e. The lowest BCUT2D eigenvalue weighted by Gasteiger charge is -2.37. The van der Waals surface area contributed by atoms with Crippen molar-refractivity contribution in [1.29, 1.82) is 0 Å². The second kappa shape index (κ2) is 5.77. The van der Waals surface area contributed by atoms with Crippen molar-refractivity contribution in [2.24, 2.45) is 0 Å². The van der Waals surface area contributed by atoms with Crippen LogP contribution < -0.4 is 0 Å². The summed E-state index contributed by atoms with van der Waals surface area (Å²) in [7, 11) is 0. The molecule has 1 atom stereocenters. The van der Waals surface area contributed by atoms with Gasteiger partial charge < -0.3 is 5.11 Å². The molecular weight excluding hydrogens is 216 g/mol. The predicted molar refractivity (Wildman–Crippen MR) is 66.8 cm³/mol. The second-order valence-corrected chi connectivity index (χ2v) is 4.20. The highest BCUT2D eigenvalue weighted by molar-refractivity contribution is 5.80. The number of rotatable bonds is 6. The number of hydrogen-bond acceptors (Lipinski definition) is 3. The summed E-state index contributed by atoms with van der Waals surface area (Å²) in [6.07, 6.45) is 4.21. The molecule has 0 radical (unpaired) electrons. The van der Waals surface area contributed by atoms with Crippen molar-refractivity contribution >= 4 is 5.97 Å². The fourth-order valence-corrected chi connectivity index (χ4v) is 2.06. The minimum atomic E-state index is -1.00. The summed E-state index contributed by atoms with van der Waals surface area (Å²) < 4.78 is 0. The molecule has 0 spiro atoms.